The Kier molecular flexibility index (Phi) is 8.63. The molecule has 0 aromatic carbocycles. The van der Waals surface area contributed by atoms with E-state index >= 15 is 0 Å². The smallest absolute Gasteiger partial charge is 0.0540 e. The Labute approximate surface area is 133 Å². The third-order valence-electron chi connectivity index (χ3n) is 3.06. The van der Waals surface area contributed by atoms with E-state index in [-0.39, 0.29) is 6.61 Å². The maximum absolute atomic E-state index is 8.82. The summed E-state index contributed by atoms with van der Waals surface area (Å²) in [5.74, 6) is 6.87. The normalized spacial score (nSPS) is 11.2. The van der Waals surface area contributed by atoms with Gasteiger partial charge in [0.25, 0.3) is 0 Å². The van der Waals surface area contributed by atoms with Gasteiger partial charge in [0.1, 0.15) is 0 Å². The number of likely N-dealkylation sites (N-methyl/N-ethyl adjacent to an activating group) is 1. The minimum atomic E-state index is 0.134. The van der Waals surface area contributed by atoms with Crippen molar-refractivity contribution in [2.24, 2.45) is 5.92 Å². The molecule has 0 fully saturated rings. The zero-order chi connectivity index (χ0) is 15.7. The highest BCUT2D eigenvalue weighted by atomic mass is 32.1. The molecule has 0 atom stereocenters. The Balaban J connectivity index is 2.69. The summed E-state index contributed by atoms with van der Waals surface area (Å²) in [5, 5.41) is 10.9. The van der Waals surface area contributed by atoms with E-state index < -0.39 is 0 Å². The second kappa shape index (κ2) is 9.97. The van der Waals surface area contributed by atoms with Crippen LogP contribution in [0.5, 0.6) is 0 Å². The molecule has 0 unspecified atom stereocenters. The first-order valence-corrected chi connectivity index (χ1v) is 8.44. The summed E-state index contributed by atoms with van der Waals surface area (Å²) in [4.78, 5) is 6.07. The van der Waals surface area contributed by atoms with Gasteiger partial charge in [-0.05, 0) is 31.5 Å². The molecule has 0 spiro atoms. The van der Waals surface area contributed by atoms with E-state index in [2.05, 4.69) is 61.0 Å². The number of rotatable bonds is 8. The van der Waals surface area contributed by atoms with Crippen molar-refractivity contribution in [1.82, 2.24) is 9.80 Å². The molecule has 0 bridgehead atoms. The topological polar surface area (TPSA) is 26.7 Å². The molecule has 0 saturated carbocycles. The molecule has 21 heavy (non-hydrogen) atoms. The first-order valence-electron chi connectivity index (χ1n) is 7.56. The lowest BCUT2D eigenvalue weighted by Gasteiger charge is -2.25. The summed E-state index contributed by atoms with van der Waals surface area (Å²) >= 11 is 1.78. The fourth-order valence-electron chi connectivity index (χ4n) is 2.08. The number of thiophene rings is 1. The highest BCUT2D eigenvalue weighted by Gasteiger charge is 2.11. The number of aliphatic hydroxyl groups is 1. The van der Waals surface area contributed by atoms with Crippen LogP contribution in [0.3, 0.4) is 0 Å². The minimum Gasteiger partial charge on any atom is -0.395 e. The molecule has 1 aromatic heterocycles. The van der Waals surface area contributed by atoms with E-state index in [4.69, 9.17) is 5.11 Å². The van der Waals surface area contributed by atoms with Crippen LogP contribution < -0.4 is 0 Å². The minimum absolute atomic E-state index is 0.134. The largest absolute Gasteiger partial charge is 0.395 e. The highest BCUT2D eigenvalue weighted by Crippen LogP contribution is 2.19. The van der Waals surface area contributed by atoms with Crippen LogP contribution in [0.4, 0.5) is 0 Å². The molecule has 1 aromatic rings. The number of hydrogen-bond donors (Lipinski definition) is 1. The maximum atomic E-state index is 8.82. The molecule has 1 N–H and O–H groups in total. The molecule has 0 saturated heterocycles. The van der Waals surface area contributed by atoms with Gasteiger partial charge in [0.05, 0.1) is 6.61 Å². The second-order valence-electron chi connectivity index (χ2n) is 5.97. The van der Waals surface area contributed by atoms with Gasteiger partial charge in [-0.25, -0.2) is 0 Å². The molecule has 0 aliphatic carbocycles. The van der Waals surface area contributed by atoms with Crippen LogP contribution in [0.1, 0.15) is 30.7 Å². The standard InChI is InChI=1S/C17H28N2OS/c1-15(2)13-19(10-9-18(3)4)14-17-16(8-12-21-17)7-5-6-11-20/h8,12,15,20H,6,9-11,13-14H2,1-4H3. The van der Waals surface area contributed by atoms with Gasteiger partial charge < -0.3 is 10.0 Å². The summed E-state index contributed by atoms with van der Waals surface area (Å²) in [6.07, 6.45) is 0.547. The Hall–Kier alpha value is -0.860. The van der Waals surface area contributed by atoms with Gasteiger partial charge >= 0.3 is 0 Å². The summed E-state index contributed by atoms with van der Waals surface area (Å²) in [6.45, 7) is 8.88. The van der Waals surface area contributed by atoms with Crippen molar-refractivity contribution in [2.75, 3.05) is 40.3 Å². The van der Waals surface area contributed by atoms with Crippen molar-refractivity contribution in [3.63, 3.8) is 0 Å². The van der Waals surface area contributed by atoms with E-state index in [0.717, 1.165) is 31.7 Å². The number of aliphatic hydroxyl groups excluding tert-OH is 1. The van der Waals surface area contributed by atoms with Crippen molar-refractivity contribution in [3.05, 3.63) is 21.9 Å². The van der Waals surface area contributed by atoms with Crippen LogP contribution in [0, 0.1) is 17.8 Å². The van der Waals surface area contributed by atoms with Crippen LogP contribution >= 0.6 is 11.3 Å². The zero-order valence-electron chi connectivity index (χ0n) is 13.7. The predicted molar refractivity (Wildman–Crippen MR) is 91.6 cm³/mol. The van der Waals surface area contributed by atoms with Crippen LogP contribution in [0.2, 0.25) is 0 Å². The molecule has 4 heteroatoms. The Morgan fingerprint density at radius 3 is 2.67 bits per heavy atom. The highest BCUT2D eigenvalue weighted by molar-refractivity contribution is 7.10. The van der Waals surface area contributed by atoms with Gasteiger partial charge in [0.15, 0.2) is 0 Å². The van der Waals surface area contributed by atoms with E-state index in [1.54, 1.807) is 11.3 Å². The van der Waals surface area contributed by atoms with Crippen molar-refractivity contribution < 1.29 is 5.11 Å². The van der Waals surface area contributed by atoms with Gasteiger partial charge in [-0.15, -0.1) is 11.3 Å². The Morgan fingerprint density at radius 2 is 2.05 bits per heavy atom. The zero-order valence-corrected chi connectivity index (χ0v) is 14.5. The fourth-order valence-corrected chi connectivity index (χ4v) is 2.96. The lowest BCUT2D eigenvalue weighted by molar-refractivity contribution is 0.213. The molecule has 0 aliphatic heterocycles. The summed E-state index contributed by atoms with van der Waals surface area (Å²) in [6, 6.07) is 2.09. The predicted octanol–water partition coefficient (Wildman–Crippen LogP) is 2.50. The fraction of sp³-hybridized carbons (Fsp3) is 0.647. The lowest BCUT2D eigenvalue weighted by atomic mass is 10.2. The molecule has 3 nitrogen and oxygen atoms in total. The van der Waals surface area contributed by atoms with E-state index in [0.29, 0.717) is 12.3 Å². The van der Waals surface area contributed by atoms with Crippen molar-refractivity contribution in [3.8, 4) is 11.8 Å². The van der Waals surface area contributed by atoms with Crippen molar-refractivity contribution in [1.29, 1.82) is 0 Å². The van der Waals surface area contributed by atoms with Gasteiger partial charge in [0.2, 0.25) is 0 Å². The number of nitrogens with zero attached hydrogens (tertiary/aromatic N) is 2. The summed E-state index contributed by atoms with van der Waals surface area (Å²) < 4.78 is 0. The summed E-state index contributed by atoms with van der Waals surface area (Å²) in [7, 11) is 4.23. The van der Waals surface area contributed by atoms with Crippen LogP contribution in [0.25, 0.3) is 0 Å². The Morgan fingerprint density at radius 1 is 1.29 bits per heavy atom. The molecule has 0 amide bonds. The first-order chi connectivity index (χ1) is 10.0. The Bertz CT molecular complexity index is 457. The molecule has 118 valence electrons. The quantitative estimate of drug-likeness (QED) is 0.748. The van der Waals surface area contributed by atoms with Crippen molar-refractivity contribution >= 4 is 11.3 Å². The van der Waals surface area contributed by atoms with Gasteiger partial charge in [-0.2, -0.15) is 0 Å². The van der Waals surface area contributed by atoms with Gasteiger partial charge in [0, 0.05) is 43.0 Å². The summed E-state index contributed by atoms with van der Waals surface area (Å²) in [5.41, 5.74) is 1.12. The van der Waals surface area contributed by atoms with E-state index in [1.165, 1.54) is 4.88 Å². The van der Waals surface area contributed by atoms with E-state index in [9.17, 15) is 0 Å². The average Bonchev–Trinajstić information content (AvgIpc) is 2.83. The van der Waals surface area contributed by atoms with Crippen LogP contribution in [-0.4, -0.2) is 55.2 Å². The van der Waals surface area contributed by atoms with Gasteiger partial charge in [-0.1, -0.05) is 25.7 Å². The van der Waals surface area contributed by atoms with Crippen molar-refractivity contribution in [2.45, 2.75) is 26.8 Å². The molecular weight excluding hydrogens is 280 g/mol. The van der Waals surface area contributed by atoms with Gasteiger partial charge in [-0.3, -0.25) is 4.90 Å². The van der Waals surface area contributed by atoms with Crippen LogP contribution in [-0.2, 0) is 6.54 Å². The SMILES string of the molecule is CC(C)CN(CCN(C)C)Cc1sccc1C#CCCO. The molecule has 1 heterocycles. The molecular formula is C17H28N2OS. The second-order valence-corrected chi connectivity index (χ2v) is 6.97. The lowest BCUT2D eigenvalue weighted by Crippen LogP contribution is -2.33. The maximum Gasteiger partial charge on any atom is 0.0540 e. The molecule has 1 rings (SSSR count). The number of hydrogen-bond acceptors (Lipinski definition) is 4. The first kappa shape index (κ1) is 18.2. The molecule has 0 radical (unpaired) electrons. The molecule has 0 aliphatic rings. The van der Waals surface area contributed by atoms with E-state index in [1.807, 2.05) is 0 Å². The van der Waals surface area contributed by atoms with Crippen LogP contribution in [0.15, 0.2) is 11.4 Å². The monoisotopic (exact) mass is 308 g/mol. The third-order valence-corrected chi connectivity index (χ3v) is 3.96. The third kappa shape index (κ3) is 7.63. The average molecular weight is 308 g/mol.